The first-order chi connectivity index (χ1) is 30.1. The van der Waals surface area contributed by atoms with Crippen molar-refractivity contribution in [3.63, 3.8) is 0 Å². The zero-order chi connectivity index (χ0) is 43.8. The van der Waals surface area contributed by atoms with Crippen molar-refractivity contribution in [1.29, 1.82) is 0 Å². The molecular weight excluding hydrogens is 791 g/mol. The number of carbonyl (C=O) groups excluding carboxylic acids is 2. The van der Waals surface area contributed by atoms with Crippen molar-refractivity contribution in [2.24, 2.45) is 0 Å². The van der Waals surface area contributed by atoms with Gasteiger partial charge in [0.1, 0.15) is 12.1 Å². The fourth-order valence-corrected chi connectivity index (χ4v) is 6.58. The van der Waals surface area contributed by atoms with Gasteiger partial charge in [-0.1, -0.05) is 48.5 Å². The molecular formula is C47H47N7O8. The lowest BCUT2D eigenvalue weighted by atomic mass is 10.0. The summed E-state index contributed by atoms with van der Waals surface area (Å²) in [6.07, 6.45) is 4.56. The van der Waals surface area contributed by atoms with Crippen LogP contribution in [0, 0.1) is 0 Å². The number of ether oxygens (including phenoxy) is 2. The molecule has 0 aliphatic carbocycles. The molecule has 0 unspecified atom stereocenters. The molecule has 9 rings (SSSR count). The topological polar surface area (TPSA) is 195 Å². The van der Waals surface area contributed by atoms with Crippen LogP contribution < -0.4 is 15.5 Å². The lowest BCUT2D eigenvalue weighted by Gasteiger charge is -2.28. The maximum atomic E-state index is 11.7. The molecule has 3 aromatic heterocycles. The lowest BCUT2D eigenvalue weighted by molar-refractivity contribution is -0.148. The molecule has 15 heteroatoms. The molecule has 15 nitrogen and oxygen atoms in total. The molecule has 0 atom stereocenters. The van der Waals surface area contributed by atoms with Crippen molar-refractivity contribution in [2.45, 2.75) is 6.92 Å². The first-order valence-electron chi connectivity index (χ1n) is 19.8. The summed E-state index contributed by atoms with van der Waals surface area (Å²) in [5.74, 6) is -2.50. The highest BCUT2D eigenvalue weighted by Crippen LogP contribution is 2.31. The van der Waals surface area contributed by atoms with E-state index in [4.69, 9.17) is 20.3 Å². The molecule has 0 amide bonds. The molecule has 0 radical (unpaired) electrons. The second-order valence-corrected chi connectivity index (χ2v) is 13.9. The minimum atomic E-state index is -1.38. The number of carbonyl (C=O) groups is 4. The van der Waals surface area contributed by atoms with Crippen molar-refractivity contribution in [3.05, 3.63) is 151 Å². The Morgan fingerprint density at radius 2 is 1.19 bits per heavy atom. The summed E-state index contributed by atoms with van der Waals surface area (Å²) in [7, 11) is 0. The average Bonchev–Trinajstić information content (AvgIpc) is 3.97. The van der Waals surface area contributed by atoms with Crippen LogP contribution in [0.3, 0.4) is 0 Å². The normalized spacial score (nSPS) is 13.3. The molecule has 0 bridgehead atoms. The van der Waals surface area contributed by atoms with Crippen molar-refractivity contribution < 1.29 is 38.9 Å². The molecule has 7 aromatic rings. The molecule has 62 heavy (non-hydrogen) atoms. The fraction of sp³-hybridized carbons (Fsp3) is 0.191. The van der Waals surface area contributed by atoms with Gasteiger partial charge >= 0.3 is 11.9 Å². The number of carboxylic acids is 2. The maximum absolute atomic E-state index is 11.7. The van der Waals surface area contributed by atoms with E-state index >= 15 is 0 Å². The van der Waals surface area contributed by atoms with Crippen LogP contribution in [0.25, 0.3) is 33.5 Å². The molecule has 0 saturated carbocycles. The number of para-hydroxylation sites is 2. The van der Waals surface area contributed by atoms with Gasteiger partial charge in [0, 0.05) is 67.3 Å². The molecule has 2 fully saturated rings. The van der Waals surface area contributed by atoms with E-state index in [-0.39, 0.29) is 5.69 Å². The third-order valence-electron chi connectivity index (χ3n) is 9.84. The minimum Gasteiger partial charge on any atom is -0.477 e. The summed E-state index contributed by atoms with van der Waals surface area (Å²) in [6, 6.07) is 40.9. The van der Waals surface area contributed by atoms with Crippen molar-refractivity contribution in [2.75, 3.05) is 68.1 Å². The van der Waals surface area contributed by atoms with Gasteiger partial charge in [-0.2, -0.15) is 5.10 Å². The molecule has 2 aliphatic heterocycles. The van der Waals surface area contributed by atoms with E-state index in [9.17, 15) is 24.3 Å². The third kappa shape index (κ3) is 11.6. The number of aromatic carboxylic acids is 1. The average molecular weight is 838 g/mol. The maximum Gasteiger partial charge on any atom is 0.371 e. The molecule has 4 N–H and O–H groups in total. The number of ketones is 1. The van der Waals surface area contributed by atoms with Gasteiger partial charge in [0.2, 0.25) is 5.78 Å². The van der Waals surface area contributed by atoms with Crippen LogP contribution in [0.1, 0.15) is 27.8 Å². The number of nitrogens with two attached hydrogens (primary N) is 1. The van der Waals surface area contributed by atoms with Crippen molar-refractivity contribution >= 4 is 52.2 Å². The number of morpholine rings is 2. The van der Waals surface area contributed by atoms with Gasteiger partial charge in [-0.15, -0.1) is 0 Å². The van der Waals surface area contributed by atoms with Gasteiger partial charge in [0.05, 0.1) is 38.3 Å². The fourth-order valence-electron chi connectivity index (χ4n) is 6.58. The SMILES string of the molecule is CC(=O)C(=O)O.Nc1cccn1-c1ccccc1.O=C(O)c1cc(-c2ccc(N3CCOCC3)cc2)c2cnn(-c3ccccc3)c2n1.O=Cc1ccc(N2CCOCC2)cc1. The minimum absolute atomic E-state index is 0.00700. The monoisotopic (exact) mass is 837 g/mol. The molecule has 0 spiro atoms. The van der Waals surface area contributed by atoms with Crippen LogP contribution in [0.15, 0.2) is 140 Å². The van der Waals surface area contributed by atoms with Crippen LogP contribution >= 0.6 is 0 Å². The van der Waals surface area contributed by atoms with E-state index in [1.54, 1.807) is 16.9 Å². The number of nitrogen functional groups attached to an aromatic ring is 1. The second kappa shape index (κ2) is 21.6. The zero-order valence-corrected chi connectivity index (χ0v) is 34.1. The van der Waals surface area contributed by atoms with Gasteiger partial charge in [0.25, 0.3) is 0 Å². The predicted molar refractivity (Wildman–Crippen MR) is 238 cm³/mol. The van der Waals surface area contributed by atoms with Crippen LogP contribution in [-0.4, -0.2) is 106 Å². The Kier molecular flexibility index (Phi) is 15.3. The Bertz CT molecular complexity index is 2540. The van der Waals surface area contributed by atoms with Crippen LogP contribution in [0.4, 0.5) is 17.2 Å². The van der Waals surface area contributed by atoms with Gasteiger partial charge in [0.15, 0.2) is 11.3 Å². The quantitative estimate of drug-likeness (QED) is 0.109. The highest BCUT2D eigenvalue weighted by molar-refractivity contribution is 6.31. The Hall–Kier alpha value is -7.62. The number of hydrogen-bond donors (Lipinski definition) is 3. The highest BCUT2D eigenvalue weighted by Gasteiger charge is 2.18. The molecule has 4 aromatic carbocycles. The van der Waals surface area contributed by atoms with E-state index in [0.717, 1.165) is 111 Å². The number of Topliss-reactive ketones (excluding diaryl/α,β-unsaturated/α-hetero) is 1. The smallest absolute Gasteiger partial charge is 0.371 e. The molecule has 2 saturated heterocycles. The largest absolute Gasteiger partial charge is 0.477 e. The van der Waals surface area contributed by atoms with E-state index in [2.05, 4.69) is 32.0 Å². The van der Waals surface area contributed by atoms with Crippen molar-refractivity contribution in [1.82, 2.24) is 19.3 Å². The standard InChI is InChI=1S/C23H20N4O3.C11H13NO2.C10H10N2.C3H4O3/c28-23(29)21-14-19(16-6-8-17(9-7-16)26-10-12-30-13-11-26)20-15-24-27(22(20)25-21)18-4-2-1-3-5-18;13-9-10-1-3-11(4-2-10)12-5-7-14-8-6-12;11-10-7-4-8-12(10)9-5-2-1-3-6-9;1-2(4)3(5)6/h1-9,14-15H,10-13H2,(H,28,29);1-4,9H,5-8H2;1-8H,11H2;1H3,(H,5,6). The highest BCUT2D eigenvalue weighted by atomic mass is 16.5. The van der Waals surface area contributed by atoms with E-state index < -0.39 is 17.7 Å². The number of hydrogen-bond acceptors (Lipinski definition) is 11. The third-order valence-corrected chi connectivity index (χ3v) is 9.84. The number of aromatic nitrogens is 4. The lowest BCUT2D eigenvalue weighted by Crippen LogP contribution is -2.36. The number of nitrogens with zero attached hydrogens (tertiary/aromatic N) is 6. The molecule has 318 valence electrons. The number of pyridine rings is 1. The summed E-state index contributed by atoms with van der Waals surface area (Å²) in [4.78, 5) is 50.0. The first-order valence-corrected chi connectivity index (χ1v) is 19.8. The van der Waals surface area contributed by atoms with Crippen molar-refractivity contribution in [3.8, 4) is 22.5 Å². The van der Waals surface area contributed by atoms with E-state index in [0.29, 0.717) is 5.65 Å². The summed E-state index contributed by atoms with van der Waals surface area (Å²) in [5.41, 5.74) is 12.9. The Morgan fingerprint density at radius 3 is 1.66 bits per heavy atom. The Balaban J connectivity index is 0.000000165. The number of anilines is 3. The summed E-state index contributed by atoms with van der Waals surface area (Å²) in [5, 5.41) is 22.6. The van der Waals surface area contributed by atoms with Crippen LogP contribution in [0.5, 0.6) is 0 Å². The summed E-state index contributed by atoms with van der Waals surface area (Å²) in [6.45, 7) is 7.63. The number of rotatable bonds is 8. The number of aldehydes is 1. The first kappa shape index (κ1) is 43.9. The summed E-state index contributed by atoms with van der Waals surface area (Å²) < 4.78 is 14.3. The molecule has 5 heterocycles. The Labute approximate surface area is 358 Å². The van der Waals surface area contributed by atoms with Gasteiger partial charge < -0.3 is 39.8 Å². The van der Waals surface area contributed by atoms with Gasteiger partial charge in [-0.3, -0.25) is 9.59 Å². The number of fused-ring (bicyclic) bond motifs is 1. The predicted octanol–water partition coefficient (Wildman–Crippen LogP) is 6.68. The van der Waals surface area contributed by atoms with Crippen LogP contribution in [0.2, 0.25) is 0 Å². The van der Waals surface area contributed by atoms with Gasteiger partial charge in [-0.05, 0) is 90.0 Å². The van der Waals surface area contributed by atoms with Gasteiger partial charge in [-0.25, -0.2) is 19.3 Å². The second-order valence-electron chi connectivity index (χ2n) is 13.9. The van der Waals surface area contributed by atoms with E-state index in [1.807, 2.05) is 120 Å². The Morgan fingerprint density at radius 1 is 0.677 bits per heavy atom. The number of aliphatic carboxylic acids is 1. The zero-order valence-electron chi connectivity index (χ0n) is 34.1. The number of benzene rings is 4. The number of carboxylic acid groups (broad SMARTS) is 2. The molecule has 2 aliphatic rings. The summed E-state index contributed by atoms with van der Waals surface area (Å²) >= 11 is 0. The van der Waals surface area contributed by atoms with Crippen LogP contribution in [-0.2, 0) is 19.1 Å². The van der Waals surface area contributed by atoms with E-state index in [1.165, 1.54) is 5.69 Å².